The van der Waals surface area contributed by atoms with Crippen LogP contribution in [0.3, 0.4) is 0 Å². The number of hydroxylamine groups is 1. The monoisotopic (exact) mass is 197 g/mol. The van der Waals surface area contributed by atoms with Crippen LogP contribution in [0, 0.1) is 11.3 Å². The van der Waals surface area contributed by atoms with Crippen molar-refractivity contribution in [1.82, 2.24) is 5.48 Å². The van der Waals surface area contributed by atoms with Crippen LogP contribution in [0.4, 0.5) is 0 Å². The molecule has 3 N–H and O–H groups in total. The average molecular weight is 197 g/mol. The van der Waals surface area contributed by atoms with Gasteiger partial charge in [0, 0.05) is 6.42 Å². The van der Waals surface area contributed by atoms with Crippen molar-refractivity contribution in [2.24, 2.45) is 22.1 Å². The first-order valence-electron chi connectivity index (χ1n) is 5.35. The van der Waals surface area contributed by atoms with Gasteiger partial charge in [-0.1, -0.05) is 13.3 Å². The van der Waals surface area contributed by atoms with Crippen molar-refractivity contribution in [3.8, 4) is 0 Å². The zero-order valence-corrected chi connectivity index (χ0v) is 8.75. The van der Waals surface area contributed by atoms with Gasteiger partial charge in [-0.3, -0.25) is 10.3 Å². The molecule has 2 rings (SSSR count). The number of hydrogen-bond acceptors (Lipinski definition) is 4. The molecule has 1 saturated carbocycles. The molecule has 4 heteroatoms. The van der Waals surface area contributed by atoms with Gasteiger partial charge in [0.05, 0.1) is 0 Å². The quantitative estimate of drug-likeness (QED) is 0.710. The minimum atomic E-state index is 0.277. The summed E-state index contributed by atoms with van der Waals surface area (Å²) < 4.78 is 0. The van der Waals surface area contributed by atoms with Gasteiger partial charge in [0.15, 0.2) is 6.73 Å². The SMILES string of the molecule is CC1CCC(CN)(CC2=NCON2)C1. The first-order chi connectivity index (χ1) is 6.74. The van der Waals surface area contributed by atoms with E-state index in [1.807, 2.05) is 0 Å². The first-order valence-corrected chi connectivity index (χ1v) is 5.35. The molecule has 0 spiro atoms. The highest BCUT2D eigenvalue weighted by Crippen LogP contribution is 2.43. The Hall–Kier alpha value is -0.610. The summed E-state index contributed by atoms with van der Waals surface area (Å²) in [5, 5.41) is 0. The molecule has 0 bridgehead atoms. The van der Waals surface area contributed by atoms with Crippen LogP contribution >= 0.6 is 0 Å². The van der Waals surface area contributed by atoms with Gasteiger partial charge in [-0.05, 0) is 30.7 Å². The van der Waals surface area contributed by atoms with E-state index in [1.54, 1.807) is 0 Å². The number of nitrogens with one attached hydrogen (secondary N) is 1. The zero-order valence-electron chi connectivity index (χ0n) is 8.75. The van der Waals surface area contributed by atoms with Crippen LogP contribution in [0.5, 0.6) is 0 Å². The van der Waals surface area contributed by atoms with Crippen molar-refractivity contribution in [2.45, 2.75) is 32.6 Å². The molecule has 4 nitrogen and oxygen atoms in total. The highest BCUT2D eigenvalue weighted by atomic mass is 16.7. The highest BCUT2D eigenvalue weighted by Gasteiger charge is 2.37. The fourth-order valence-corrected chi connectivity index (χ4v) is 2.62. The molecule has 0 amide bonds. The van der Waals surface area contributed by atoms with Crippen LogP contribution in [-0.2, 0) is 4.84 Å². The number of nitrogens with two attached hydrogens (primary N) is 1. The fraction of sp³-hybridized carbons (Fsp3) is 0.900. The van der Waals surface area contributed by atoms with E-state index in [4.69, 9.17) is 10.6 Å². The molecule has 1 heterocycles. The van der Waals surface area contributed by atoms with E-state index in [0.717, 1.165) is 24.7 Å². The summed E-state index contributed by atoms with van der Waals surface area (Å²) in [7, 11) is 0. The third-order valence-corrected chi connectivity index (χ3v) is 3.43. The average Bonchev–Trinajstić information content (AvgIpc) is 2.77. The molecule has 1 fully saturated rings. The van der Waals surface area contributed by atoms with E-state index >= 15 is 0 Å². The zero-order chi connectivity index (χ0) is 10.0. The second kappa shape index (κ2) is 3.87. The fourth-order valence-electron chi connectivity index (χ4n) is 2.62. The van der Waals surface area contributed by atoms with E-state index in [1.165, 1.54) is 19.3 Å². The molecule has 0 saturated heterocycles. The third-order valence-electron chi connectivity index (χ3n) is 3.43. The van der Waals surface area contributed by atoms with E-state index in [-0.39, 0.29) is 5.41 Å². The van der Waals surface area contributed by atoms with Gasteiger partial charge in [0.25, 0.3) is 0 Å². The Balaban J connectivity index is 1.98. The third kappa shape index (κ3) is 1.91. The van der Waals surface area contributed by atoms with Gasteiger partial charge < -0.3 is 5.73 Å². The second-order valence-electron chi connectivity index (χ2n) is 4.71. The molecule has 0 radical (unpaired) electrons. The molecular weight excluding hydrogens is 178 g/mol. The Bertz CT molecular complexity index is 242. The normalized spacial score (nSPS) is 37.0. The first kappa shape index (κ1) is 9.93. The number of aliphatic imine (C=N–C) groups is 1. The van der Waals surface area contributed by atoms with Gasteiger partial charge in [-0.2, -0.15) is 0 Å². The van der Waals surface area contributed by atoms with Crippen molar-refractivity contribution >= 4 is 5.84 Å². The number of rotatable bonds is 3. The minimum Gasteiger partial charge on any atom is -0.330 e. The van der Waals surface area contributed by atoms with E-state index in [2.05, 4.69) is 17.4 Å². The van der Waals surface area contributed by atoms with Crippen molar-refractivity contribution < 1.29 is 4.84 Å². The molecule has 2 atom stereocenters. The summed E-state index contributed by atoms with van der Waals surface area (Å²) in [5.74, 6) is 1.78. The molecule has 0 aromatic heterocycles. The standard InChI is InChI=1S/C10H19N3O/c1-8-2-3-10(4-8,6-11)5-9-12-7-14-13-9/h8H,2-7,11H2,1H3,(H,12,13). The van der Waals surface area contributed by atoms with Crippen molar-refractivity contribution in [3.05, 3.63) is 0 Å². The molecule has 1 aliphatic heterocycles. The number of nitrogens with zero attached hydrogens (tertiary/aromatic N) is 1. The molecule has 0 aromatic rings. The van der Waals surface area contributed by atoms with Crippen LogP contribution in [-0.4, -0.2) is 19.1 Å². The van der Waals surface area contributed by atoms with Gasteiger partial charge in [-0.25, -0.2) is 4.99 Å². The Morgan fingerprint density at radius 2 is 2.57 bits per heavy atom. The second-order valence-corrected chi connectivity index (χ2v) is 4.71. The molecule has 1 aliphatic carbocycles. The molecular formula is C10H19N3O. The summed E-state index contributed by atoms with van der Waals surface area (Å²) in [6.45, 7) is 3.52. The maximum atomic E-state index is 5.89. The topological polar surface area (TPSA) is 59.6 Å². The van der Waals surface area contributed by atoms with Crippen molar-refractivity contribution in [1.29, 1.82) is 0 Å². The van der Waals surface area contributed by atoms with Gasteiger partial charge in [0.2, 0.25) is 0 Å². The predicted molar refractivity (Wildman–Crippen MR) is 55.6 cm³/mol. The smallest absolute Gasteiger partial charge is 0.166 e. The lowest BCUT2D eigenvalue weighted by Crippen LogP contribution is -2.33. The summed E-state index contributed by atoms with van der Waals surface area (Å²) in [5.41, 5.74) is 9.01. The number of hydrogen-bond donors (Lipinski definition) is 2. The number of amidine groups is 1. The van der Waals surface area contributed by atoms with Crippen molar-refractivity contribution in [3.63, 3.8) is 0 Å². The van der Waals surface area contributed by atoms with Gasteiger partial charge in [0.1, 0.15) is 5.84 Å². The minimum absolute atomic E-state index is 0.277. The van der Waals surface area contributed by atoms with Crippen LogP contribution < -0.4 is 11.2 Å². The lowest BCUT2D eigenvalue weighted by molar-refractivity contribution is 0.112. The van der Waals surface area contributed by atoms with Crippen LogP contribution in [0.15, 0.2) is 4.99 Å². The maximum absolute atomic E-state index is 5.89. The summed E-state index contributed by atoms with van der Waals surface area (Å²) in [4.78, 5) is 9.23. The lowest BCUT2D eigenvalue weighted by Gasteiger charge is -2.27. The maximum Gasteiger partial charge on any atom is 0.166 e. The largest absolute Gasteiger partial charge is 0.330 e. The Morgan fingerprint density at radius 3 is 3.07 bits per heavy atom. The van der Waals surface area contributed by atoms with E-state index < -0.39 is 0 Å². The van der Waals surface area contributed by atoms with Crippen molar-refractivity contribution in [2.75, 3.05) is 13.3 Å². The highest BCUT2D eigenvalue weighted by molar-refractivity contribution is 5.82. The molecule has 0 aromatic carbocycles. The van der Waals surface area contributed by atoms with Gasteiger partial charge in [-0.15, -0.1) is 0 Å². The lowest BCUT2D eigenvalue weighted by atomic mass is 9.81. The Morgan fingerprint density at radius 1 is 1.71 bits per heavy atom. The molecule has 14 heavy (non-hydrogen) atoms. The van der Waals surface area contributed by atoms with Gasteiger partial charge >= 0.3 is 0 Å². The molecule has 2 unspecified atom stereocenters. The predicted octanol–water partition coefficient (Wildman–Crippen LogP) is 1.03. The van der Waals surface area contributed by atoms with E-state index in [0.29, 0.717) is 6.73 Å². The Kier molecular flexibility index (Phi) is 2.74. The summed E-state index contributed by atoms with van der Waals surface area (Å²) in [6.07, 6.45) is 4.70. The molecule has 2 aliphatic rings. The summed E-state index contributed by atoms with van der Waals surface area (Å²) in [6, 6.07) is 0. The Labute approximate surface area is 84.9 Å². The van der Waals surface area contributed by atoms with Crippen LogP contribution in [0.25, 0.3) is 0 Å². The van der Waals surface area contributed by atoms with Crippen LogP contribution in [0.2, 0.25) is 0 Å². The van der Waals surface area contributed by atoms with E-state index in [9.17, 15) is 0 Å². The summed E-state index contributed by atoms with van der Waals surface area (Å²) >= 11 is 0. The molecule has 80 valence electrons. The van der Waals surface area contributed by atoms with Crippen LogP contribution in [0.1, 0.15) is 32.6 Å².